The number of amides is 1. The second kappa shape index (κ2) is 7.28. The van der Waals surface area contributed by atoms with Gasteiger partial charge in [-0.05, 0) is 48.0 Å². The molecule has 0 aliphatic carbocycles. The van der Waals surface area contributed by atoms with E-state index in [2.05, 4.69) is 10.4 Å². The van der Waals surface area contributed by atoms with Crippen molar-refractivity contribution in [1.82, 2.24) is 15.1 Å². The number of nitrogens with zero attached hydrogens (tertiary/aromatic N) is 2. The van der Waals surface area contributed by atoms with Gasteiger partial charge in [-0.1, -0.05) is 29.8 Å². The van der Waals surface area contributed by atoms with Gasteiger partial charge in [0.2, 0.25) is 0 Å². The Morgan fingerprint density at radius 2 is 1.65 bits per heavy atom. The Hall–Kier alpha value is -3.58. The van der Waals surface area contributed by atoms with Crippen LogP contribution in [-0.2, 0) is 6.54 Å². The highest BCUT2D eigenvalue weighted by Gasteiger charge is 2.25. The SMILES string of the molecule is O=C1NCc2c1cccc2-c1cc(-c2cccc(F)c2F)n(-c2ccc(F)c(Cl)c2)n1. The summed E-state index contributed by atoms with van der Waals surface area (Å²) in [6, 6.07) is 14.7. The van der Waals surface area contributed by atoms with Gasteiger partial charge < -0.3 is 5.32 Å². The average molecular weight is 440 g/mol. The highest BCUT2D eigenvalue weighted by Crippen LogP contribution is 2.34. The zero-order valence-electron chi connectivity index (χ0n) is 15.8. The lowest BCUT2D eigenvalue weighted by molar-refractivity contribution is 0.0965. The van der Waals surface area contributed by atoms with Crippen LogP contribution in [0, 0.1) is 17.5 Å². The molecule has 0 bridgehead atoms. The molecule has 1 aliphatic heterocycles. The second-order valence-electron chi connectivity index (χ2n) is 7.04. The Kier molecular flexibility index (Phi) is 4.55. The first-order valence-corrected chi connectivity index (χ1v) is 9.72. The molecule has 5 rings (SSSR count). The van der Waals surface area contributed by atoms with Crippen molar-refractivity contribution in [2.75, 3.05) is 0 Å². The molecule has 31 heavy (non-hydrogen) atoms. The number of nitrogens with one attached hydrogen (secondary N) is 1. The summed E-state index contributed by atoms with van der Waals surface area (Å²) in [5.41, 5.74) is 3.05. The minimum Gasteiger partial charge on any atom is -0.348 e. The number of aromatic nitrogens is 2. The van der Waals surface area contributed by atoms with Gasteiger partial charge in [-0.3, -0.25) is 4.79 Å². The van der Waals surface area contributed by atoms with E-state index in [9.17, 15) is 18.0 Å². The highest BCUT2D eigenvalue weighted by molar-refractivity contribution is 6.30. The van der Waals surface area contributed by atoms with Crippen LogP contribution in [0.4, 0.5) is 13.2 Å². The largest absolute Gasteiger partial charge is 0.348 e. The van der Waals surface area contributed by atoms with E-state index in [-0.39, 0.29) is 22.2 Å². The van der Waals surface area contributed by atoms with E-state index in [1.165, 1.54) is 35.0 Å². The van der Waals surface area contributed by atoms with Gasteiger partial charge in [0.1, 0.15) is 5.82 Å². The van der Waals surface area contributed by atoms with E-state index in [0.29, 0.717) is 29.1 Å². The summed E-state index contributed by atoms with van der Waals surface area (Å²) in [6.45, 7) is 0.337. The van der Waals surface area contributed by atoms with Gasteiger partial charge in [0.25, 0.3) is 5.91 Å². The molecule has 4 nitrogen and oxygen atoms in total. The molecule has 1 aromatic heterocycles. The van der Waals surface area contributed by atoms with Crippen molar-refractivity contribution in [2.45, 2.75) is 6.54 Å². The maximum Gasteiger partial charge on any atom is 0.251 e. The van der Waals surface area contributed by atoms with Gasteiger partial charge in [-0.15, -0.1) is 0 Å². The third-order valence-electron chi connectivity index (χ3n) is 5.21. The molecule has 0 saturated heterocycles. The molecule has 0 atom stereocenters. The predicted octanol–water partition coefficient (Wildman–Crippen LogP) is 5.52. The minimum atomic E-state index is -1.03. The number of halogens is 4. The van der Waals surface area contributed by atoms with Crippen LogP contribution in [-0.4, -0.2) is 15.7 Å². The van der Waals surface area contributed by atoms with Crippen molar-refractivity contribution in [3.63, 3.8) is 0 Å². The summed E-state index contributed by atoms with van der Waals surface area (Å²) in [7, 11) is 0. The monoisotopic (exact) mass is 439 g/mol. The zero-order chi connectivity index (χ0) is 21.7. The molecule has 1 aliphatic rings. The van der Waals surface area contributed by atoms with Crippen LogP contribution in [0.25, 0.3) is 28.2 Å². The van der Waals surface area contributed by atoms with E-state index >= 15 is 0 Å². The lowest BCUT2D eigenvalue weighted by Gasteiger charge is -2.09. The molecule has 1 amide bonds. The summed E-state index contributed by atoms with van der Waals surface area (Å²) >= 11 is 5.94. The van der Waals surface area contributed by atoms with Crippen LogP contribution in [0.15, 0.2) is 60.7 Å². The van der Waals surface area contributed by atoms with E-state index in [1.54, 1.807) is 24.3 Å². The molecular weight excluding hydrogens is 427 g/mol. The summed E-state index contributed by atoms with van der Waals surface area (Å²) in [5.74, 6) is -2.82. The number of hydrogen-bond acceptors (Lipinski definition) is 2. The molecule has 0 spiro atoms. The molecule has 0 unspecified atom stereocenters. The number of fused-ring (bicyclic) bond motifs is 1. The summed E-state index contributed by atoms with van der Waals surface area (Å²) in [5, 5.41) is 7.22. The Labute approximate surface area is 179 Å². The highest BCUT2D eigenvalue weighted by atomic mass is 35.5. The summed E-state index contributed by atoms with van der Waals surface area (Å²) < 4.78 is 43.7. The lowest BCUT2D eigenvalue weighted by Crippen LogP contribution is -2.12. The Morgan fingerprint density at radius 3 is 2.45 bits per heavy atom. The average Bonchev–Trinajstić information content (AvgIpc) is 3.36. The Balaban J connectivity index is 1.76. The number of carbonyl (C=O) groups is 1. The van der Waals surface area contributed by atoms with Crippen molar-refractivity contribution in [2.24, 2.45) is 0 Å². The smallest absolute Gasteiger partial charge is 0.251 e. The third kappa shape index (κ3) is 3.18. The number of rotatable bonds is 3. The number of carbonyl (C=O) groups excluding carboxylic acids is 1. The molecule has 2 heterocycles. The summed E-state index contributed by atoms with van der Waals surface area (Å²) in [6.07, 6.45) is 0. The molecule has 0 radical (unpaired) electrons. The third-order valence-corrected chi connectivity index (χ3v) is 5.50. The van der Waals surface area contributed by atoms with Crippen molar-refractivity contribution in [1.29, 1.82) is 0 Å². The second-order valence-corrected chi connectivity index (χ2v) is 7.45. The summed E-state index contributed by atoms with van der Waals surface area (Å²) in [4.78, 5) is 12.0. The number of benzene rings is 3. The Bertz CT molecular complexity index is 1370. The van der Waals surface area contributed by atoms with Gasteiger partial charge in [0, 0.05) is 23.2 Å². The van der Waals surface area contributed by atoms with Crippen LogP contribution in [0.5, 0.6) is 0 Å². The zero-order valence-corrected chi connectivity index (χ0v) is 16.6. The van der Waals surface area contributed by atoms with E-state index < -0.39 is 17.5 Å². The van der Waals surface area contributed by atoms with Gasteiger partial charge in [0.05, 0.1) is 22.1 Å². The Morgan fingerprint density at radius 1 is 0.903 bits per heavy atom. The molecule has 4 aromatic rings. The van der Waals surface area contributed by atoms with Gasteiger partial charge in [0.15, 0.2) is 11.6 Å². The first-order chi connectivity index (χ1) is 14.9. The van der Waals surface area contributed by atoms with Crippen LogP contribution < -0.4 is 5.32 Å². The fraction of sp³-hybridized carbons (Fsp3) is 0.0435. The first kappa shape index (κ1) is 19.4. The molecule has 3 aromatic carbocycles. The quantitative estimate of drug-likeness (QED) is 0.457. The van der Waals surface area contributed by atoms with Crippen molar-refractivity contribution < 1.29 is 18.0 Å². The van der Waals surface area contributed by atoms with Gasteiger partial charge >= 0.3 is 0 Å². The van der Waals surface area contributed by atoms with Crippen molar-refractivity contribution >= 4 is 17.5 Å². The van der Waals surface area contributed by atoms with Crippen molar-refractivity contribution in [3.8, 4) is 28.2 Å². The maximum atomic E-state index is 14.7. The van der Waals surface area contributed by atoms with E-state index in [1.807, 2.05) is 0 Å². The topological polar surface area (TPSA) is 46.9 Å². The van der Waals surface area contributed by atoms with Crippen LogP contribution in [0.1, 0.15) is 15.9 Å². The molecule has 154 valence electrons. The fourth-order valence-corrected chi connectivity index (χ4v) is 3.89. The normalized spacial score (nSPS) is 12.7. The predicted molar refractivity (Wildman–Crippen MR) is 110 cm³/mol. The molecule has 1 N–H and O–H groups in total. The van der Waals surface area contributed by atoms with Crippen LogP contribution in [0.2, 0.25) is 5.02 Å². The van der Waals surface area contributed by atoms with Crippen molar-refractivity contribution in [3.05, 3.63) is 94.3 Å². The maximum absolute atomic E-state index is 14.7. The molecule has 0 saturated carbocycles. The van der Waals surface area contributed by atoms with Gasteiger partial charge in [-0.25, -0.2) is 17.9 Å². The first-order valence-electron chi connectivity index (χ1n) is 9.34. The minimum absolute atomic E-state index is 0.0130. The van der Waals surface area contributed by atoms with Crippen LogP contribution in [0.3, 0.4) is 0 Å². The number of hydrogen-bond donors (Lipinski definition) is 1. The van der Waals surface area contributed by atoms with Gasteiger partial charge in [-0.2, -0.15) is 5.10 Å². The fourth-order valence-electron chi connectivity index (χ4n) is 3.71. The van der Waals surface area contributed by atoms with Crippen LogP contribution >= 0.6 is 11.6 Å². The molecule has 8 heteroatoms. The lowest BCUT2D eigenvalue weighted by atomic mass is 10.00. The molecule has 0 fully saturated rings. The molecular formula is C23H13ClF3N3O. The van der Waals surface area contributed by atoms with E-state index in [4.69, 9.17) is 11.6 Å². The standard InChI is InChI=1S/C23H13ClF3N3O/c24-17-9-12(7-8-18(17)25)30-21(15-5-2-6-19(26)22(15)27)10-20(29-30)13-3-1-4-14-16(13)11-28-23(14)31/h1-10H,11H2,(H,28,31). The van der Waals surface area contributed by atoms with E-state index in [0.717, 1.165) is 11.6 Å².